The van der Waals surface area contributed by atoms with E-state index in [0.717, 1.165) is 5.56 Å². The van der Waals surface area contributed by atoms with Crippen LogP contribution in [0.15, 0.2) is 54.6 Å². The van der Waals surface area contributed by atoms with Crippen LogP contribution in [0.4, 0.5) is 4.39 Å². The van der Waals surface area contributed by atoms with Gasteiger partial charge in [-0.15, -0.1) is 0 Å². The van der Waals surface area contributed by atoms with Crippen molar-refractivity contribution >= 4 is 11.9 Å². The van der Waals surface area contributed by atoms with Gasteiger partial charge in [-0.2, -0.15) is 0 Å². The Kier molecular flexibility index (Phi) is 7.76. The number of amides is 1. The number of hydrogen-bond acceptors (Lipinski definition) is 5. The van der Waals surface area contributed by atoms with E-state index in [2.05, 4.69) is 5.32 Å². The van der Waals surface area contributed by atoms with Crippen LogP contribution in [-0.4, -0.2) is 35.7 Å². The van der Waals surface area contributed by atoms with Gasteiger partial charge >= 0.3 is 5.97 Å². The molecule has 2 aromatic carbocycles. The zero-order valence-corrected chi connectivity index (χ0v) is 14.9. The van der Waals surface area contributed by atoms with Crippen molar-refractivity contribution in [2.24, 2.45) is 0 Å². The molecule has 0 spiro atoms. The highest BCUT2D eigenvalue weighted by Gasteiger charge is 2.23. The number of rotatable bonds is 9. The first-order valence-electron chi connectivity index (χ1n) is 8.58. The van der Waals surface area contributed by atoms with Gasteiger partial charge in [0.1, 0.15) is 6.61 Å². The molecule has 27 heavy (non-hydrogen) atoms. The van der Waals surface area contributed by atoms with E-state index in [-0.39, 0.29) is 25.3 Å². The zero-order valence-electron chi connectivity index (χ0n) is 14.9. The normalized spacial score (nSPS) is 12.7. The lowest BCUT2D eigenvalue weighted by molar-refractivity contribution is -0.154. The molecule has 0 aliphatic heterocycles. The quantitative estimate of drug-likeness (QED) is 0.657. The van der Waals surface area contributed by atoms with Crippen molar-refractivity contribution in [2.75, 3.05) is 6.54 Å². The number of carbonyl (C=O) groups excluding carboxylic acids is 2. The Hall–Kier alpha value is -2.93. The maximum absolute atomic E-state index is 13.6. The van der Waals surface area contributed by atoms with Gasteiger partial charge in [-0.05, 0) is 24.1 Å². The van der Waals surface area contributed by atoms with Crippen LogP contribution in [0.2, 0.25) is 0 Å². The fourth-order valence-electron chi connectivity index (χ4n) is 2.24. The van der Waals surface area contributed by atoms with E-state index >= 15 is 0 Å². The summed E-state index contributed by atoms with van der Waals surface area (Å²) in [4.78, 5) is 24.0. The molecule has 1 amide bonds. The number of para-hydroxylation sites is 1. The van der Waals surface area contributed by atoms with Crippen molar-refractivity contribution in [3.63, 3.8) is 0 Å². The number of aliphatic hydroxyl groups is 1. The summed E-state index contributed by atoms with van der Waals surface area (Å²) in [7, 11) is 0. The van der Waals surface area contributed by atoms with Gasteiger partial charge in [-0.25, -0.2) is 9.18 Å². The molecule has 0 bridgehead atoms. The first-order chi connectivity index (χ1) is 13.0. The highest BCUT2D eigenvalue weighted by molar-refractivity contribution is 5.82. The summed E-state index contributed by atoms with van der Waals surface area (Å²) < 4.78 is 24.0. The predicted molar refractivity (Wildman–Crippen MR) is 96.4 cm³/mol. The lowest BCUT2D eigenvalue weighted by Crippen LogP contribution is -2.43. The summed E-state index contributed by atoms with van der Waals surface area (Å²) in [5, 5.41) is 12.3. The molecule has 2 N–H and O–H groups in total. The molecule has 144 valence electrons. The van der Waals surface area contributed by atoms with Crippen molar-refractivity contribution in [2.45, 2.75) is 32.2 Å². The minimum atomic E-state index is -1.51. The molecule has 0 aliphatic carbocycles. The SMILES string of the molecule is CC[C@H](Oc1ccccc1F)C(=O)NC[C@@H](O)C(=O)OCc1ccccc1. The average molecular weight is 375 g/mol. The number of carbonyl (C=O) groups is 2. The van der Waals surface area contributed by atoms with Gasteiger partial charge < -0.3 is 19.9 Å². The summed E-state index contributed by atoms with van der Waals surface area (Å²) in [5.74, 6) is -2.02. The van der Waals surface area contributed by atoms with Gasteiger partial charge in [-0.1, -0.05) is 49.4 Å². The number of aliphatic hydroxyl groups excluding tert-OH is 1. The van der Waals surface area contributed by atoms with Crippen LogP contribution in [0.5, 0.6) is 5.75 Å². The maximum Gasteiger partial charge on any atom is 0.337 e. The lowest BCUT2D eigenvalue weighted by Gasteiger charge is -2.18. The third kappa shape index (κ3) is 6.38. The number of ether oxygens (including phenoxy) is 2. The molecular weight excluding hydrogens is 353 g/mol. The first-order valence-corrected chi connectivity index (χ1v) is 8.58. The number of benzene rings is 2. The summed E-state index contributed by atoms with van der Waals surface area (Å²) in [6.07, 6.45) is -2.17. The topological polar surface area (TPSA) is 84.9 Å². The Morgan fingerprint density at radius 1 is 1.11 bits per heavy atom. The Morgan fingerprint density at radius 3 is 2.44 bits per heavy atom. The predicted octanol–water partition coefficient (Wildman–Crippen LogP) is 2.20. The first kappa shape index (κ1) is 20.4. The summed E-state index contributed by atoms with van der Waals surface area (Å²) in [6.45, 7) is 1.40. The van der Waals surface area contributed by atoms with Gasteiger partial charge in [0.05, 0.1) is 6.54 Å². The minimum absolute atomic E-state index is 0.0264. The maximum atomic E-state index is 13.6. The van der Waals surface area contributed by atoms with Crippen LogP contribution in [0.1, 0.15) is 18.9 Å². The van der Waals surface area contributed by atoms with Crippen LogP contribution in [0.25, 0.3) is 0 Å². The highest BCUT2D eigenvalue weighted by Crippen LogP contribution is 2.18. The van der Waals surface area contributed by atoms with Crippen LogP contribution in [-0.2, 0) is 20.9 Å². The molecule has 0 unspecified atom stereocenters. The second-order valence-corrected chi connectivity index (χ2v) is 5.80. The van der Waals surface area contributed by atoms with Crippen molar-refractivity contribution in [3.05, 3.63) is 66.0 Å². The van der Waals surface area contributed by atoms with Gasteiger partial charge in [0.2, 0.25) is 0 Å². The lowest BCUT2D eigenvalue weighted by atomic mass is 10.2. The van der Waals surface area contributed by atoms with Crippen LogP contribution >= 0.6 is 0 Å². The van der Waals surface area contributed by atoms with E-state index in [1.807, 2.05) is 6.07 Å². The van der Waals surface area contributed by atoms with E-state index in [0.29, 0.717) is 0 Å². The molecule has 7 heteroatoms. The van der Waals surface area contributed by atoms with Crippen LogP contribution < -0.4 is 10.1 Å². The molecule has 2 rings (SSSR count). The van der Waals surface area contributed by atoms with E-state index in [4.69, 9.17) is 9.47 Å². The van der Waals surface area contributed by atoms with Crippen molar-refractivity contribution < 1.29 is 28.6 Å². The Labute approximate surface area is 156 Å². The molecule has 0 heterocycles. The molecule has 2 aromatic rings. The fraction of sp³-hybridized carbons (Fsp3) is 0.300. The van der Waals surface area contributed by atoms with Gasteiger partial charge in [-0.3, -0.25) is 4.79 Å². The molecule has 0 aromatic heterocycles. The van der Waals surface area contributed by atoms with Crippen molar-refractivity contribution in [1.82, 2.24) is 5.32 Å². The molecule has 6 nitrogen and oxygen atoms in total. The smallest absolute Gasteiger partial charge is 0.337 e. The van der Waals surface area contributed by atoms with Gasteiger partial charge in [0, 0.05) is 0 Å². The van der Waals surface area contributed by atoms with E-state index in [1.165, 1.54) is 18.2 Å². The number of hydrogen-bond donors (Lipinski definition) is 2. The molecule has 2 atom stereocenters. The Morgan fingerprint density at radius 2 is 1.78 bits per heavy atom. The zero-order chi connectivity index (χ0) is 19.6. The van der Waals surface area contributed by atoms with E-state index in [1.54, 1.807) is 37.3 Å². The summed E-state index contributed by atoms with van der Waals surface area (Å²) >= 11 is 0. The summed E-state index contributed by atoms with van der Waals surface area (Å²) in [6, 6.07) is 14.8. The molecule has 0 aliphatic rings. The van der Waals surface area contributed by atoms with E-state index in [9.17, 15) is 19.1 Å². The average Bonchev–Trinajstić information content (AvgIpc) is 2.70. The fourth-order valence-corrected chi connectivity index (χ4v) is 2.24. The highest BCUT2D eigenvalue weighted by atomic mass is 19.1. The number of halogens is 1. The number of esters is 1. The molecular formula is C20H22FNO5. The largest absolute Gasteiger partial charge is 0.478 e. The Balaban J connectivity index is 1.80. The molecule has 0 fully saturated rings. The van der Waals surface area contributed by atoms with Gasteiger partial charge in [0.15, 0.2) is 23.8 Å². The Bertz CT molecular complexity index is 753. The standard InChI is InChI=1S/C20H22FNO5/c1-2-17(27-18-11-7-6-10-15(18)21)19(24)22-12-16(23)20(25)26-13-14-8-4-3-5-9-14/h3-11,16-17,23H,2,12-13H2,1H3,(H,22,24)/t16-,17+/m1/s1. The number of nitrogens with one attached hydrogen (secondary N) is 1. The molecule has 0 saturated heterocycles. The second-order valence-electron chi connectivity index (χ2n) is 5.80. The summed E-state index contributed by atoms with van der Waals surface area (Å²) in [5.41, 5.74) is 0.784. The third-order valence-corrected chi connectivity index (χ3v) is 3.73. The second kappa shape index (κ2) is 10.3. The molecule has 0 saturated carbocycles. The van der Waals surface area contributed by atoms with Crippen molar-refractivity contribution in [1.29, 1.82) is 0 Å². The monoisotopic (exact) mass is 375 g/mol. The molecule has 0 radical (unpaired) electrons. The van der Waals surface area contributed by atoms with E-state index < -0.39 is 29.9 Å². The minimum Gasteiger partial charge on any atom is -0.478 e. The van der Waals surface area contributed by atoms with Crippen LogP contribution in [0.3, 0.4) is 0 Å². The van der Waals surface area contributed by atoms with Crippen molar-refractivity contribution in [3.8, 4) is 5.75 Å². The van der Waals surface area contributed by atoms with Gasteiger partial charge in [0.25, 0.3) is 5.91 Å². The van der Waals surface area contributed by atoms with Crippen LogP contribution in [0, 0.1) is 5.82 Å². The third-order valence-electron chi connectivity index (χ3n) is 3.73.